The van der Waals surface area contributed by atoms with Crippen molar-refractivity contribution >= 4 is 23.6 Å². The quantitative estimate of drug-likeness (QED) is 0.768. The molecule has 0 spiro atoms. The maximum atomic E-state index is 11.4. The monoisotopic (exact) mass is 233 g/mol. The average molecular weight is 233 g/mol. The van der Waals surface area contributed by atoms with Gasteiger partial charge in [-0.25, -0.2) is 4.79 Å². The highest BCUT2D eigenvalue weighted by Crippen LogP contribution is 2.12. The summed E-state index contributed by atoms with van der Waals surface area (Å²) in [4.78, 5) is 21.7. The van der Waals surface area contributed by atoms with Gasteiger partial charge in [0.25, 0.3) is 0 Å². The lowest BCUT2D eigenvalue weighted by Gasteiger charge is -2.04. The fraction of sp³-hybridized carbons (Fsp3) is 0.231. The minimum Gasteiger partial charge on any atom is -0.478 e. The number of amides is 1. The van der Waals surface area contributed by atoms with Crippen LogP contribution in [0.1, 0.15) is 25.3 Å². The molecule has 2 N–H and O–H groups in total. The Morgan fingerprint density at radius 1 is 1.41 bits per heavy atom. The van der Waals surface area contributed by atoms with Crippen molar-refractivity contribution in [2.75, 3.05) is 5.32 Å². The number of carboxylic acid groups (broad SMARTS) is 1. The van der Waals surface area contributed by atoms with Crippen LogP contribution in [0, 0.1) is 0 Å². The van der Waals surface area contributed by atoms with E-state index in [9.17, 15) is 9.59 Å². The molecule has 17 heavy (non-hydrogen) atoms. The molecule has 0 fully saturated rings. The fourth-order valence-corrected chi connectivity index (χ4v) is 1.34. The van der Waals surface area contributed by atoms with E-state index in [0.717, 1.165) is 18.1 Å². The summed E-state index contributed by atoms with van der Waals surface area (Å²) < 4.78 is 0. The third-order valence-electron chi connectivity index (χ3n) is 2.07. The summed E-state index contributed by atoms with van der Waals surface area (Å²) in [5, 5.41) is 11.3. The molecule has 0 aliphatic carbocycles. The number of rotatable bonds is 5. The summed E-state index contributed by atoms with van der Waals surface area (Å²) in [6.45, 7) is 1.94. The first-order valence-electron chi connectivity index (χ1n) is 5.42. The van der Waals surface area contributed by atoms with Crippen LogP contribution in [0.4, 0.5) is 5.69 Å². The van der Waals surface area contributed by atoms with Crippen LogP contribution in [-0.4, -0.2) is 17.0 Å². The Balaban J connectivity index is 2.72. The molecule has 0 aliphatic rings. The van der Waals surface area contributed by atoms with E-state index in [4.69, 9.17) is 5.11 Å². The van der Waals surface area contributed by atoms with E-state index in [1.807, 2.05) is 6.92 Å². The van der Waals surface area contributed by atoms with Crippen molar-refractivity contribution in [3.8, 4) is 0 Å². The third kappa shape index (κ3) is 4.97. The number of hydrogen-bond acceptors (Lipinski definition) is 2. The molecule has 0 saturated heterocycles. The van der Waals surface area contributed by atoms with Crippen molar-refractivity contribution < 1.29 is 14.7 Å². The summed E-state index contributed by atoms with van der Waals surface area (Å²) in [6.07, 6.45) is 3.82. The Hall–Kier alpha value is -2.10. The predicted octanol–water partition coefficient (Wildman–Crippen LogP) is 2.52. The molecule has 90 valence electrons. The number of carbonyl (C=O) groups excluding carboxylic acids is 1. The van der Waals surface area contributed by atoms with Gasteiger partial charge in [-0.15, -0.1) is 0 Å². The zero-order chi connectivity index (χ0) is 12.7. The minimum absolute atomic E-state index is 0.0353. The highest BCUT2D eigenvalue weighted by molar-refractivity contribution is 5.91. The van der Waals surface area contributed by atoms with E-state index in [-0.39, 0.29) is 5.91 Å². The van der Waals surface area contributed by atoms with Gasteiger partial charge < -0.3 is 10.4 Å². The highest BCUT2D eigenvalue weighted by atomic mass is 16.4. The van der Waals surface area contributed by atoms with Crippen molar-refractivity contribution in [2.45, 2.75) is 19.8 Å². The second-order valence-corrected chi connectivity index (χ2v) is 3.60. The van der Waals surface area contributed by atoms with E-state index in [0.29, 0.717) is 12.1 Å². The first-order chi connectivity index (χ1) is 8.11. The van der Waals surface area contributed by atoms with Gasteiger partial charge in [0.05, 0.1) is 0 Å². The number of aliphatic carboxylic acids is 1. The Morgan fingerprint density at radius 3 is 2.82 bits per heavy atom. The predicted molar refractivity (Wildman–Crippen MR) is 66.6 cm³/mol. The largest absolute Gasteiger partial charge is 0.478 e. The smallest absolute Gasteiger partial charge is 0.328 e. The topological polar surface area (TPSA) is 66.4 Å². The molecule has 1 aromatic carbocycles. The zero-order valence-electron chi connectivity index (χ0n) is 9.64. The van der Waals surface area contributed by atoms with Crippen LogP contribution in [0.2, 0.25) is 0 Å². The molecule has 0 aliphatic heterocycles. The van der Waals surface area contributed by atoms with E-state index in [2.05, 4.69) is 5.32 Å². The van der Waals surface area contributed by atoms with Crippen LogP contribution in [-0.2, 0) is 9.59 Å². The van der Waals surface area contributed by atoms with Gasteiger partial charge in [0, 0.05) is 18.2 Å². The number of benzene rings is 1. The second-order valence-electron chi connectivity index (χ2n) is 3.60. The fourth-order valence-electron chi connectivity index (χ4n) is 1.34. The number of nitrogens with one attached hydrogen (secondary N) is 1. The Kier molecular flexibility index (Phi) is 4.94. The van der Waals surface area contributed by atoms with Crippen LogP contribution in [0.15, 0.2) is 30.3 Å². The molecule has 0 saturated carbocycles. The average Bonchev–Trinajstić information content (AvgIpc) is 2.27. The summed E-state index contributed by atoms with van der Waals surface area (Å²) >= 11 is 0. The summed E-state index contributed by atoms with van der Waals surface area (Å²) in [7, 11) is 0. The molecule has 4 nitrogen and oxygen atoms in total. The lowest BCUT2D eigenvalue weighted by Crippen LogP contribution is -2.10. The van der Waals surface area contributed by atoms with Crippen molar-refractivity contribution in [3.05, 3.63) is 35.9 Å². The molecule has 0 bridgehead atoms. The van der Waals surface area contributed by atoms with Gasteiger partial charge in [0.1, 0.15) is 0 Å². The van der Waals surface area contributed by atoms with E-state index >= 15 is 0 Å². The molecule has 4 heteroatoms. The molecule has 0 unspecified atom stereocenters. The Bertz CT molecular complexity index is 438. The zero-order valence-corrected chi connectivity index (χ0v) is 9.64. The van der Waals surface area contributed by atoms with Crippen molar-refractivity contribution in [1.29, 1.82) is 0 Å². The summed E-state index contributed by atoms with van der Waals surface area (Å²) in [5.74, 6) is -1.03. The molecule has 0 radical (unpaired) electrons. The maximum Gasteiger partial charge on any atom is 0.328 e. The van der Waals surface area contributed by atoms with Gasteiger partial charge in [0.2, 0.25) is 5.91 Å². The Morgan fingerprint density at radius 2 is 2.18 bits per heavy atom. The van der Waals surface area contributed by atoms with Crippen LogP contribution in [0.3, 0.4) is 0 Å². The third-order valence-corrected chi connectivity index (χ3v) is 2.07. The van der Waals surface area contributed by atoms with Gasteiger partial charge in [0.15, 0.2) is 0 Å². The van der Waals surface area contributed by atoms with Gasteiger partial charge in [-0.2, -0.15) is 0 Å². The van der Waals surface area contributed by atoms with Crippen LogP contribution in [0.25, 0.3) is 6.08 Å². The number of anilines is 1. The molecule has 1 rings (SSSR count). The van der Waals surface area contributed by atoms with Crippen molar-refractivity contribution in [2.24, 2.45) is 0 Å². The first-order valence-corrected chi connectivity index (χ1v) is 5.42. The standard InChI is InChI=1S/C13H15NO3/c1-2-4-12(15)14-11-6-3-5-10(9-11)7-8-13(16)17/h3,5-9H,2,4H2,1H3,(H,14,15)(H,16,17)/b8-7+. The highest BCUT2D eigenvalue weighted by Gasteiger charge is 2.00. The van der Waals surface area contributed by atoms with Gasteiger partial charge in [-0.3, -0.25) is 4.79 Å². The van der Waals surface area contributed by atoms with Gasteiger partial charge in [-0.05, 0) is 30.2 Å². The first kappa shape index (κ1) is 13.0. The Labute approximate surface area is 100.0 Å². The lowest BCUT2D eigenvalue weighted by atomic mass is 10.2. The molecule has 0 aromatic heterocycles. The second kappa shape index (κ2) is 6.48. The molecular formula is C13H15NO3. The lowest BCUT2D eigenvalue weighted by molar-refractivity contribution is -0.131. The van der Waals surface area contributed by atoms with Gasteiger partial charge >= 0.3 is 5.97 Å². The molecular weight excluding hydrogens is 218 g/mol. The number of carboxylic acids is 1. The minimum atomic E-state index is -0.995. The van der Waals surface area contributed by atoms with E-state index < -0.39 is 5.97 Å². The van der Waals surface area contributed by atoms with Crippen LogP contribution >= 0.6 is 0 Å². The summed E-state index contributed by atoms with van der Waals surface area (Å²) in [6, 6.07) is 7.04. The number of carbonyl (C=O) groups is 2. The van der Waals surface area contributed by atoms with Crippen LogP contribution < -0.4 is 5.32 Å². The SMILES string of the molecule is CCCC(=O)Nc1cccc(/C=C/C(=O)O)c1. The summed E-state index contributed by atoms with van der Waals surface area (Å²) in [5.41, 5.74) is 1.41. The number of hydrogen-bond donors (Lipinski definition) is 2. The molecule has 1 aromatic rings. The molecule has 0 heterocycles. The van der Waals surface area contributed by atoms with E-state index in [1.165, 1.54) is 6.08 Å². The molecule has 1 amide bonds. The van der Waals surface area contributed by atoms with Crippen molar-refractivity contribution in [3.63, 3.8) is 0 Å². The van der Waals surface area contributed by atoms with E-state index in [1.54, 1.807) is 24.3 Å². The van der Waals surface area contributed by atoms with Gasteiger partial charge in [-0.1, -0.05) is 19.1 Å². The van der Waals surface area contributed by atoms with Crippen molar-refractivity contribution in [1.82, 2.24) is 0 Å². The molecule has 0 atom stereocenters. The maximum absolute atomic E-state index is 11.4. The normalized spacial score (nSPS) is 10.4. The van der Waals surface area contributed by atoms with Crippen LogP contribution in [0.5, 0.6) is 0 Å².